The minimum atomic E-state index is -4.85. The lowest BCUT2D eigenvalue weighted by atomic mass is 10.1. The molecular formula is C22H27F3N2O. The molecule has 2 aromatic carbocycles. The summed E-state index contributed by atoms with van der Waals surface area (Å²) in [6.45, 7) is 14.4. The highest BCUT2D eigenvalue weighted by atomic mass is 19.4. The van der Waals surface area contributed by atoms with Crippen LogP contribution >= 0.6 is 0 Å². The third-order valence-electron chi connectivity index (χ3n) is 4.30. The second-order valence-electron chi connectivity index (χ2n) is 6.76. The summed E-state index contributed by atoms with van der Waals surface area (Å²) >= 11 is 0. The van der Waals surface area contributed by atoms with Crippen LogP contribution in [0.4, 0.5) is 24.5 Å². The zero-order valence-corrected chi connectivity index (χ0v) is 16.9. The quantitative estimate of drug-likeness (QED) is 0.618. The second-order valence-corrected chi connectivity index (χ2v) is 6.76. The number of hydrogen-bond acceptors (Lipinski definition) is 2. The van der Waals surface area contributed by atoms with E-state index in [0.29, 0.717) is 5.56 Å². The van der Waals surface area contributed by atoms with E-state index in [2.05, 4.69) is 43.9 Å². The lowest BCUT2D eigenvalue weighted by molar-refractivity contribution is -0.167. The van der Waals surface area contributed by atoms with Gasteiger partial charge in [0.15, 0.2) is 0 Å². The molecule has 3 nitrogen and oxygen atoms in total. The van der Waals surface area contributed by atoms with Crippen LogP contribution in [0.25, 0.3) is 0 Å². The van der Waals surface area contributed by atoms with E-state index in [4.69, 9.17) is 0 Å². The van der Waals surface area contributed by atoms with Crippen molar-refractivity contribution in [2.75, 3.05) is 17.2 Å². The molecule has 0 heterocycles. The third kappa shape index (κ3) is 7.10. The highest BCUT2D eigenvalue weighted by Gasteiger charge is 2.38. The highest BCUT2D eigenvalue weighted by Crippen LogP contribution is 2.22. The zero-order valence-electron chi connectivity index (χ0n) is 16.9. The summed E-state index contributed by atoms with van der Waals surface area (Å²) in [6.07, 6.45) is -4.85. The maximum Gasteiger partial charge on any atom is 0.471 e. The Hall–Kier alpha value is -2.76. The molecule has 0 bridgehead atoms. The number of benzene rings is 2. The van der Waals surface area contributed by atoms with Crippen molar-refractivity contribution in [2.45, 2.75) is 40.8 Å². The molecule has 0 aliphatic heterocycles. The Labute approximate surface area is 164 Å². The predicted octanol–water partition coefficient (Wildman–Crippen LogP) is 6.10. The molecule has 0 radical (unpaired) electrons. The largest absolute Gasteiger partial charge is 0.471 e. The Morgan fingerprint density at radius 2 is 1.39 bits per heavy atom. The summed E-state index contributed by atoms with van der Waals surface area (Å²) in [6, 6.07) is 11.1. The van der Waals surface area contributed by atoms with Crippen LogP contribution in [0.3, 0.4) is 0 Å². The average molecular weight is 392 g/mol. The summed E-state index contributed by atoms with van der Waals surface area (Å²) in [7, 11) is 0. The maximum atomic E-state index is 12.0. The summed E-state index contributed by atoms with van der Waals surface area (Å²) < 4.78 is 35.9. The van der Waals surface area contributed by atoms with Crippen molar-refractivity contribution in [2.24, 2.45) is 0 Å². The lowest BCUT2D eigenvalue weighted by Gasteiger charge is -2.11. The zero-order chi connectivity index (χ0) is 21.5. The molecule has 28 heavy (non-hydrogen) atoms. The van der Waals surface area contributed by atoms with E-state index in [1.54, 1.807) is 26.0 Å². The smallest absolute Gasteiger partial charge is 0.381 e. The second kappa shape index (κ2) is 9.97. The SMILES string of the molecule is C=C(C)CNc1cccc(C)c1C.Cc1cccc(NC(=O)C(F)(F)F)c1C. The summed E-state index contributed by atoms with van der Waals surface area (Å²) in [4.78, 5) is 10.7. The molecule has 2 rings (SSSR count). The van der Waals surface area contributed by atoms with E-state index < -0.39 is 12.1 Å². The Bertz CT molecular complexity index is 842. The van der Waals surface area contributed by atoms with Crippen molar-refractivity contribution in [3.63, 3.8) is 0 Å². The Morgan fingerprint density at radius 3 is 1.86 bits per heavy atom. The van der Waals surface area contributed by atoms with Gasteiger partial charge in [-0.3, -0.25) is 4.79 Å². The lowest BCUT2D eigenvalue weighted by Crippen LogP contribution is -2.30. The van der Waals surface area contributed by atoms with Crippen molar-refractivity contribution in [1.82, 2.24) is 0 Å². The highest BCUT2D eigenvalue weighted by molar-refractivity contribution is 5.95. The Morgan fingerprint density at radius 1 is 0.929 bits per heavy atom. The van der Waals surface area contributed by atoms with Crippen molar-refractivity contribution < 1.29 is 18.0 Å². The first-order chi connectivity index (χ1) is 12.9. The van der Waals surface area contributed by atoms with Crippen LogP contribution in [-0.4, -0.2) is 18.6 Å². The van der Waals surface area contributed by atoms with Gasteiger partial charge in [-0.1, -0.05) is 36.4 Å². The van der Waals surface area contributed by atoms with E-state index >= 15 is 0 Å². The fourth-order valence-electron chi connectivity index (χ4n) is 2.27. The van der Waals surface area contributed by atoms with Gasteiger partial charge in [-0.25, -0.2) is 0 Å². The number of aryl methyl sites for hydroxylation is 2. The molecule has 0 aliphatic rings. The molecule has 2 aromatic rings. The average Bonchev–Trinajstić information content (AvgIpc) is 2.60. The van der Waals surface area contributed by atoms with Crippen LogP contribution < -0.4 is 10.6 Å². The Kier molecular flexibility index (Phi) is 8.29. The van der Waals surface area contributed by atoms with E-state index in [1.165, 1.54) is 22.9 Å². The van der Waals surface area contributed by atoms with Crippen LogP contribution in [0.5, 0.6) is 0 Å². The number of alkyl halides is 3. The normalized spacial score (nSPS) is 10.6. The summed E-state index contributed by atoms with van der Waals surface area (Å²) in [5.74, 6) is -1.95. The molecule has 2 N–H and O–H groups in total. The molecule has 0 aliphatic carbocycles. The van der Waals surface area contributed by atoms with E-state index in [1.807, 2.05) is 12.2 Å². The number of rotatable bonds is 4. The minimum absolute atomic E-state index is 0.192. The van der Waals surface area contributed by atoms with E-state index in [-0.39, 0.29) is 5.69 Å². The number of anilines is 2. The van der Waals surface area contributed by atoms with Gasteiger partial charge < -0.3 is 10.6 Å². The first kappa shape index (κ1) is 23.3. The summed E-state index contributed by atoms with van der Waals surface area (Å²) in [5, 5.41) is 5.18. The van der Waals surface area contributed by atoms with Crippen molar-refractivity contribution in [3.05, 3.63) is 70.8 Å². The number of amides is 1. The molecule has 0 fully saturated rings. The molecule has 0 aromatic heterocycles. The van der Waals surface area contributed by atoms with Crippen LogP contribution in [0.2, 0.25) is 0 Å². The number of carbonyl (C=O) groups is 1. The number of halogens is 3. The van der Waals surface area contributed by atoms with Gasteiger partial charge in [0.1, 0.15) is 0 Å². The van der Waals surface area contributed by atoms with Crippen molar-refractivity contribution in [1.29, 1.82) is 0 Å². The first-order valence-corrected chi connectivity index (χ1v) is 8.82. The molecule has 1 amide bonds. The van der Waals surface area contributed by atoms with Gasteiger partial charge >= 0.3 is 12.1 Å². The molecule has 0 saturated carbocycles. The fraction of sp³-hybridized carbons (Fsp3) is 0.318. The molecule has 0 atom stereocenters. The topological polar surface area (TPSA) is 41.1 Å². The molecular weight excluding hydrogens is 365 g/mol. The molecule has 0 saturated heterocycles. The van der Waals surface area contributed by atoms with Crippen LogP contribution in [0.15, 0.2) is 48.6 Å². The Balaban J connectivity index is 0.000000283. The van der Waals surface area contributed by atoms with E-state index in [9.17, 15) is 18.0 Å². The van der Waals surface area contributed by atoms with Gasteiger partial charge in [-0.2, -0.15) is 13.2 Å². The van der Waals surface area contributed by atoms with E-state index in [0.717, 1.165) is 17.7 Å². The summed E-state index contributed by atoms with van der Waals surface area (Å²) in [5.41, 5.74) is 6.67. The van der Waals surface area contributed by atoms with Gasteiger partial charge in [0.25, 0.3) is 0 Å². The monoisotopic (exact) mass is 392 g/mol. The molecule has 0 unspecified atom stereocenters. The standard InChI is InChI=1S/C12H17N.C10H10F3NO/c1-9(2)8-13-12-7-5-6-10(3)11(12)4;1-6-4-3-5-8(7(6)2)14-9(15)10(11,12)13/h5-7,13H,1,8H2,2-4H3;3-5H,1-2H3,(H,14,15). The maximum absolute atomic E-state index is 12.0. The van der Waals surface area contributed by atoms with Gasteiger partial charge in [0, 0.05) is 17.9 Å². The van der Waals surface area contributed by atoms with Crippen LogP contribution in [-0.2, 0) is 4.79 Å². The number of carbonyl (C=O) groups excluding carboxylic acids is 1. The third-order valence-corrected chi connectivity index (χ3v) is 4.30. The van der Waals surface area contributed by atoms with Gasteiger partial charge in [-0.05, 0) is 69.0 Å². The molecule has 152 valence electrons. The minimum Gasteiger partial charge on any atom is -0.381 e. The van der Waals surface area contributed by atoms with Crippen LogP contribution in [0, 0.1) is 27.7 Å². The number of hydrogen-bond donors (Lipinski definition) is 2. The molecule has 6 heteroatoms. The molecule has 0 spiro atoms. The number of nitrogens with one attached hydrogen (secondary N) is 2. The van der Waals surface area contributed by atoms with Crippen LogP contribution in [0.1, 0.15) is 29.2 Å². The van der Waals surface area contributed by atoms with Crippen molar-refractivity contribution in [3.8, 4) is 0 Å². The first-order valence-electron chi connectivity index (χ1n) is 8.82. The fourth-order valence-corrected chi connectivity index (χ4v) is 2.27. The van der Waals surface area contributed by atoms with Crippen molar-refractivity contribution >= 4 is 17.3 Å². The van der Waals surface area contributed by atoms with Gasteiger partial charge in [0.05, 0.1) is 0 Å². The predicted molar refractivity (Wildman–Crippen MR) is 110 cm³/mol. The van der Waals surface area contributed by atoms with Gasteiger partial charge in [-0.15, -0.1) is 0 Å². The van der Waals surface area contributed by atoms with Gasteiger partial charge in [0.2, 0.25) is 0 Å².